The first-order valence-corrected chi connectivity index (χ1v) is 16.1. The number of halogens is 3. The smallest absolute Gasteiger partial charge is 0.392 e. The molecular weight excluding hydrogens is 627 g/mol. The number of hydrogen-bond donors (Lipinski definition) is 3. The number of benzene rings is 3. The van der Waals surface area contributed by atoms with Gasteiger partial charge in [-0.1, -0.05) is 73.7 Å². The van der Waals surface area contributed by atoms with Crippen molar-refractivity contribution >= 4 is 17.5 Å². The summed E-state index contributed by atoms with van der Waals surface area (Å²) in [6.07, 6.45) is -7.02. The predicted molar refractivity (Wildman–Crippen MR) is 172 cm³/mol. The van der Waals surface area contributed by atoms with Crippen molar-refractivity contribution in [2.75, 3.05) is 25.5 Å². The maximum atomic E-state index is 13.1. The van der Waals surface area contributed by atoms with Crippen LogP contribution in [0.2, 0.25) is 0 Å². The molecule has 2 amide bonds. The highest BCUT2D eigenvalue weighted by atomic mass is 19.4. The third-order valence-corrected chi connectivity index (χ3v) is 9.37. The molecule has 0 aliphatic carbocycles. The highest BCUT2D eigenvalue weighted by Gasteiger charge is 2.48. The van der Waals surface area contributed by atoms with Crippen molar-refractivity contribution in [2.24, 2.45) is 5.92 Å². The molecule has 7 atom stereocenters. The second-order valence-corrected chi connectivity index (χ2v) is 12.6. The molecule has 5 rings (SSSR count). The maximum Gasteiger partial charge on any atom is 0.471 e. The lowest BCUT2D eigenvalue weighted by Crippen LogP contribution is -2.48. The summed E-state index contributed by atoms with van der Waals surface area (Å²) in [5, 5.41) is 23.3. The van der Waals surface area contributed by atoms with E-state index in [-0.39, 0.29) is 37.6 Å². The van der Waals surface area contributed by atoms with Crippen LogP contribution in [0.4, 0.5) is 18.9 Å². The maximum absolute atomic E-state index is 13.1. The topological polar surface area (TPSA) is 112 Å². The minimum Gasteiger partial charge on any atom is -0.392 e. The second kappa shape index (κ2) is 15.2. The zero-order chi connectivity index (χ0) is 34.6. The summed E-state index contributed by atoms with van der Waals surface area (Å²) in [5.41, 5.74) is 3.36. The van der Waals surface area contributed by atoms with Gasteiger partial charge in [0.15, 0.2) is 6.29 Å². The van der Waals surface area contributed by atoms with Crippen LogP contribution >= 0.6 is 0 Å². The highest BCUT2D eigenvalue weighted by molar-refractivity contribution is 5.98. The van der Waals surface area contributed by atoms with Gasteiger partial charge in [-0.15, -0.1) is 0 Å². The number of carbonyl (C=O) groups excluding carboxylic acids is 2. The summed E-state index contributed by atoms with van der Waals surface area (Å²) >= 11 is 0. The molecule has 2 aliphatic rings. The van der Waals surface area contributed by atoms with Gasteiger partial charge in [-0.05, 0) is 55.6 Å². The van der Waals surface area contributed by atoms with Crippen LogP contribution in [0.5, 0.6) is 0 Å². The SMILES string of the molecule is C[C@H]1[C@@H](CN(C)[C@@H](C)[C@H](O)c2ccccc2)O[C@@H](c2cccc(NC(=O)[C@@H]3CCCN3C(=O)C(F)(F)F)c2)O[C@H]1c1ccc(CO)cc1. The summed E-state index contributed by atoms with van der Waals surface area (Å²) in [6, 6.07) is 22.2. The molecule has 0 aromatic heterocycles. The van der Waals surface area contributed by atoms with E-state index in [4.69, 9.17) is 9.47 Å². The number of aliphatic hydroxyl groups excluding tert-OH is 2. The van der Waals surface area contributed by atoms with Gasteiger partial charge in [0.2, 0.25) is 5.91 Å². The first-order chi connectivity index (χ1) is 22.9. The van der Waals surface area contributed by atoms with E-state index >= 15 is 0 Å². The zero-order valence-corrected chi connectivity index (χ0v) is 27.1. The van der Waals surface area contributed by atoms with E-state index in [1.807, 2.05) is 80.4 Å². The Labute approximate surface area is 278 Å². The molecule has 0 saturated carbocycles. The van der Waals surface area contributed by atoms with Crippen LogP contribution in [0.15, 0.2) is 78.9 Å². The third-order valence-electron chi connectivity index (χ3n) is 9.37. The van der Waals surface area contributed by atoms with Crippen molar-refractivity contribution in [3.63, 3.8) is 0 Å². The highest BCUT2D eigenvalue weighted by Crippen LogP contribution is 2.42. The second-order valence-electron chi connectivity index (χ2n) is 12.6. The number of alkyl halides is 3. The van der Waals surface area contributed by atoms with Crippen molar-refractivity contribution < 1.29 is 42.4 Å². The molecule has 2 aliphatic heterocycles. The molecule has 2 saturated heterocycles. The van der Waals surface area contributed by atoms with Gasteiger partial charge in [0, 0.05) is 36.3 Å². The molecule has 0 radical (unpaired) electrons. The summed E-state index contributed by atoms with van der Waals surface area (Å²) in [4.78, 5) is 27.6. The van der Waals surface area contributed by atoms with Crippen molar-refractivity contribution in [3.05, 3.63) is 101 Å². The van der Waals surface area contributed by atoms with E-state index in [1.165, 1.54) is 0 Å². The van der Waals surface area contributed by atoms with E-state index in [9.17, 15) is 33.0 Å². The summed E-state index contributed by atoms with van der Waals surface area (Å²) < 4.78 is 52.5. The van der Waals surface area contributed by atoms with E-state index in [0.717, 1.165) is 16.7 Å². The largest absolute Gasteiger partial charge is 0.471 e. The van der Waals surface area contributed by atoms with Crippen molar-refractivity contribution in [3.8, 4) is 0 Å². The minimum atomic E-state index is -5.06. The molecule has 2 heterocycles. The van der Waals surface area contributed by atoms with Gasteiger partial charge in [-0.3, -0.25) is 14.5 Å². The normalized spacial score (nSPS) is 24.4. The molecule has 48 heavy (non-hydrogen) atoms. The van der Waals surface area contributed by atoms with Gasteiger partial charge in [0.05, 0.1) is 24.9 Å². The molecule has 0 bridgehead atoms. The van der Waals surface area contributed by atoms with Crippen LogP contribution in [0, 0.1) is 5.92 Å². The van der Waals surface area contributed by atoms with Gasteiger partial charge >= 0.3 is 12.1 Å². The molecule has 3 N–H and O–H groups in total. The van der Waals surface area contributed by atoms with Crippen LogP contribution in [0.3, 0.4) is 0 Å². The lowest BCUT2D eigenvalue weighted by atomic mass is 9.89. The number of nitrogens with zero attached hydrogens (tertiary/aromatic N) is 2. The first-order valence-electron chi connectivity index (χ1n) is 16.1. The minimum absolute atomic E-state index is 0.0936. The standard InChI is InChI=1S/C36H42F3N3O6/c1-22-30(20-41(3)23(2)31(44)25-9-5-4-6-10-25)47-34(48-32(22)26-16-14-24(21-43)15-17-26)27-11-7-12-28(19-27)40-33(45)29-13-8-18-42(29)35(46)36(37,38)39/h4-7,9-12,14-17,19,22-23,29-32,34,43-44H,8,13,18,20-21H2,1-3H3,(H,40,45)/t22-,23-,29-,30+,31-,32+,34+/m0/s1. The molecule has 258 valence electrons. The Bertz CT molecular complexity index is 1540. The molecule has 12 heteroatoms. The Morgan fingerprint density at radius 1 is 1.02 bits per heavy atom. The number of aliphatic hydroxyl groups is 2. The van der Waals surface area contributed by atoms with Crippen molar-refractivity contribution in [1.82, 2.24) is 9.80 Å². The lowest BCUT2D eigenvalue weighted by Gasteiger charge is -2.43. The van der Waals surface area contributed by atoms with Crippen LogP contribution in [0.1, 0.15) is 67.4 Å². The average Bonchev–Trinajstić information content (AvgIpc) is 3.58. The number of amides is 2. The van der Waals surface area contributed by atoms with Gasteiger partial charge in [-0.2, -0.15) is 13.2 Å². The van der Waals surface area contributed by atoms with Gasteiger partial charge in [-0.25, -0.2) is 0 Å². The van der Waals surface area contributed by atoms with E-state index in [0.29, 0.717) is 29.1 Å². The number of likely N-dealkylation sites (tertiary alicyclic amines) is 1. The van der Waals surface area contributed by atoms with Crippen LogP contribution in [-0.4, -0.2) is 76.3 Å². The fraction of sp³-hybridized carbons (Fsp3) is 0.444. The number of ether oxygens (including phenoxy) is 2. The Balaban J connectivity index is 1.36. The fourth-order valence-corrected chi connectivity index (χ4v) is 6.38. The Morgan fingerprint density at radius 3 is 2.40 bits per heavy atom. The van der Waals surface area contributed by atoms with Gasteiger partial charge in [0.25, 0.3) is 0 Å². The lowest BCUT2D eigenvalue weighted by molar-refractivity contribution is -0.276. The molecule has 3 aromatic carbocycles. The molecule has 0 unspecified atom stereocenters. The van der Waals surface area contributed by atoms with Crippen molar-refractivity contribution in [1.29, 1.82) is 0 Å². The average molecular weight is 670 g/mol. The summed E-state index contributed by atoms with van der Waals surface area (Å²) in [5.74, 6) is -2.85. The van der Waals surface area contributed by atoms with E-state index in [1.54, 1.807) is 24.3 Å². The Hall–Kier alpha value is -3.81. The predicted octanol–water partition coefficient (Wildman–Crippen LogP) is 5.52. The Morgan fingerprint density at radius 2 is 1.73 bits per heavy atom. The van der Waals surface area contributed by atoms with Crippen LogP contribution in [-0.2, 0) is 25.7 Å². The van der Waals surface area contributed by atoms with Gasteiger partial charge in [0.1, 0.15) is 6.04 Å². The summed E-state index contributed by atoms with van der Waals surface area (Å²) in [6.45, 7) is 4.20. The zero-order valence-electron chi connectivity index (χ0n) is 27.1. The first kappa shape index (κ1) is 35.5. The van der Waals surface area contributed by atoms with E-state index < -0.39 is 42.5 Å². The third kappa shape index (κ3) is 8.07. The van der Waals surface area contributed by atoms with Gasteiger partial charge < -0.3 is 29.9 Å². The Kier molecular flexibility index (Phi) is 11.2. The number of carbonyl (C=O) groups is 2. The monoisotopic (exact) mass is 669 g/mol. The fourth-order valence-electron chi connectivity index (χ4n) is 6.38. The number of rotatable bonds is 10. The van der Waals surface area contributed by atoms with Crippen molar-refractivity contribution in [2.45, 2.75) is 76.2 Å². The quantitative estimate of drug-likeness (QED) is 0.261. The van der Waals surface area contributed by atoms with Crippen LogP contribution < -0.4 is 5.32 Å². The number of likely N-dealkylation sites (N-methyl/N-ethyl adjacent to an activating group) is 1. The molecule has 0 spiro atoms. The molecular formula is C36H42F3N3O6. The molecule has 9 nitrogen and oxygen atoms in total. The number of nitrogens with one attached hydrogen (secondary N) is 1. The summed E-state index contributed by atoms with van der Waals surface area (Å²) in [7, 11) is 1.93. The molecule has 2 fully saturated rings. The number of anilines is 1. The van der Waals surface area contributed by atoms with Crippen LogP contribution in [0.25, 0.3) is 0 Å². The molecule has 3 aromatic rings. The van der Waals surface area contributed by atoms with E-state index in [2.05, 4.69) is 5.32 Å². The number of hydrogen-bond acceptors (Lipinski definition) is 7.